The molecule has 9 heteroatoms. The van der Waals surface area contributed by atoms with E-state index in [-0.39, 0.29) is 28.6 Å². The van der Waals surface area contributed by atoms with Crippen LogP contribution in [0.15, 0.2) is 73.3 Å². The minimum absolute atomic E-state index is 0.184. The van der Waals surface area contributed by atoms with Crippen LogP contribution in [0.25, 0.3) is 33.8 Å². The molecule has 5 aromatic rings. The molecule has 0 saturated carbocycles. The molecule has 3 aromatic heterocycles. The first kappa shape index (κ1) is 22.3. The Hall–Kier alpha value is -4.53. The van der Waals surface area contributed by atoms with Gasteiger partial charge in [0.2, 0.25) is 5.82 Å². The highest BCUT2D eigenvalue weighted by atomic mass is 19.1. The lowest BCUT2D eigenvalue weighted by atomic mass is 9.98. The molecule has 1 atom stereocenters. The van der Waals surface area contributed by atoms with Crippen LogP contribution in [0.3, 0.4) is 0 Å². The van der Waals surface area contributed by atoms with E-state index >= 15 is 0 Å². The van der Waals surface area contributed by atoms with Crippen LogP contribution >= 0.6 is 0 Å². The largest absolute Gasteiger partial charge is 0.455 e. The van der Waals surface area contributed by atoms with Gasteiger partial charge in [0.1, 0.15) is 22.9 Å². The fourth-order valence-corrected chi connectivity index (χ4v) is 4.14. The van der Waals surface area contributed by atoms with Crippen molar-refractivity contribution in [1.29, 1.82) is 0 Å². The van der Waals surface area contributed by atoms with Gasteiger partial charge >= 0.3 is 5.76 Å². The molecular formula is C26H21FN4O4. The lowest BCUT2D eigenvalue weighted by molar-refractivity contribution is 0.388. The van der Waals surface area contributed by atoms with Crippen molar-refractivity contribution < 1.29 is 13.3 Å². The van der Waals surface area contributed by atoms with E-state index in [1.807, 2.05) is 19.9 Å². The number of aryl methyl sites for hydroxylation is 1. The molecule has 1 unspecified atom stereocenters. The van der Waals surface area contributed by atoms with Crippen molar-refractivity contribution in [2.24, 2.45) is 0 Å². The minimum Gasteiger partial charge on any atom is -0.455 e. The van der Waals surface area contributed by atoms with Crippen molar-refractivity contribution in [3.63, 3.8) is 0 Å². The Balaban J connectivity index is 1.65. The Morgan fingerprint density at radius 3 is 2.63 bits per heavy atom. The van der Waals surface area contributed by atoms with Gasteiger partial charge in [-0.1, -0.05) is 23.4 Å². The summed E-state index contributed by atoms with van der Waals surface area (Å²) in [7, 11) is 0. The van der Waals surface area contributed by atoms with E-state index in [9.17, 15) is 14.0 Å². The third-order valence-corrected chi connectivity index (χ3v) is 5.82. The van der Waals surface area contributed by atoms with Gasteiger partial charge in [-0.2, -0.15) is 0 Å². The number of benzene rings is 2. The third kappa shape index (κ3) is 4.01. The lowest BCUT2D eigenvalue weighted by Crippen LogP contribution is -2.13. The van der Waals surface area contributed by atoms with Crippen LogP contribution in [-0.2, 0) is 0 Å². The summed E-state index contributed by atoms with van der Waals surface area (Å²) in [6.07, 6.45) is 1.57. The Bertz CT molecular complexity index is 1690. The van der Waals surface area contributed by atoms with Crippen LogP contribution in [-0.4, -0.2) is 15.1 Å². The van der Waals surface area contributed by atoms with E-state index < -0.39 is 11.6 Å². The van der Waals surface area contributed by atoms with Crippen LogP contribution in [0, 0.1) is 19.7 Å². The first-order chi connectivity index (χ1) is 16.8. The number of hydrogen-bond acceptors (Lipinski definition) is 7. The molecule has 0 aliphatic heterocycles. The highest BCUT2D eigenvalue weighted by Crippen LogP contribution is 2.34. The first-order valence-corrected chi connectivity index (χ1v) is 10.9. The Morgan fingerprint density at radius 1 is 1.09 bits per heavy atom. The van der Waals surface area contributed by atoms with Gasteiger partial charge in [0.05, 0.1) is 22.7 Å². The molecule has 0 aliphatic carbocycles. The van der Waals surface area contributed by atoms with Gasteiger partial charge in [-0.25, -0.2) is 9.18 Å². The van der Waals surface area contributed by atoms with Gasteiger partial charge in [0.25, 0.3) is 0 Å². The molecule has 0 spiro atoms. The Morgan fingerprint density at radius 2 is 1.89 bits per heavy atom. The number of halogens is 1. The van der Waals surface area contributed by atoms with E-state index in [2.05, 4.69) is 25.0 Å². The Labute approximate surface area is 198 Å². The highest BCUT2D eigenvalue weighted by molar-refractivity contribution is 5.85. The highest BCUT2D eigenvalue weighted by Gasteiger charge is 2.21. The molecule has 0 fully saturated rings. The number of nitrogens with zero attached hydrogens (tertiary/aromatic N) is 2. The van der Waals surface area contributed by atoms with Crippen LogP contribution in [0.1, 0.15) is 29.7 Å². The van der Waals surface area contributed by atoms with Gasteiger partial charge in [-0.3, -0.25) is 19.3 Å². The van der Waals surface area contributed by atoms with Crippen molar-refractivity contribution in [1.82, 2.24) is 15.1 Å². The van der Waals surface area contributed by atoms with Crippen molar-refractivity contribution >= 4 is 16.7 Å². The van der Waals surface area contributed by atoms with Gasteiger partial charge in [-0.05, 0) is 56.7 Å². The molecule has 0 saturated heterocycles. The van der Waals surface area contributed by atoms with Crippen molar-refractivity contribution in [2.75, 3.05) is 5.32 Å². The maximum Gasteiger partial charge on any atom is 0.439 e. The van der Waals surface area contributed by atoms with Crippen molar-refractivity contribution in [3.8, 4) is 22.8 Å². The molecule has 35 heavy (non-hydrogen) atoms. The maximum absolute atomic E-state index is 14.6. The molecule has 0 radical (unpaired) electrons. The number of fused-ring (bicyclic) bond motifs is 1. The summed E-state index contributed by atoms with van der Waals surface area (Å²) in [6.45, 7) is 5.43. The van der Waals surface area contributed by atoms with Gasteiger partial charge in [0, 0.05) is 17.3 Å². The summed E-state index contributed by atoms with van der Waals surface area (Å²) >= 11 is 0. The zero-order valence-corrected chi connectivity index (χ0v) is 19.2. The second-order valence-corrected chi connectivity index (χ2v) is 8.31. The number of hydrogen-bond donors (Lipinski definition) is 2. The maximum atomic E-state index is 14.6. The molecule has 5 rings (SSSR count). The number of aromatic nitrogens is 3. The van der Waals surface area contributed by atoms with Crippen LogP contribution in [0.4, 0.5) is 10.1 Å². The summed E-state index contributed by atoms with van der Waals surface area (Å²) in [5.74, 6) is -0.782. The van der Waals surface area contributed by atoms with Crippen molar-refractivity contribution in [2.45, 2.75) is 26.8 Å². The fourth-order valence-electron chi connectivity index (χ4n) is 4.14. The second kappa shape index (κ2) is 8.68. The molecule has 0 aliphatic rings. The summed E-state index contributed by atoms with van der Waals surface area (Å²) in [5, 5.41) is 7.50. The fraction of sp³-hybridized carbons (Fsp3) is 0.154. The second-order valence-electron chi connectivity index (χ2n) is 8.31. The molecule has 0 bridgehead atoms. The van der Waals surface area contributed by atoms with Gasteiger partial charge < -0.3 is 9.73 Å². The van der Waals surface area contributed by atoms with E-state index in [0.717, 1.165) is 5.56 Å². The number of H-pyrrole nitrogens is 1. The van der Waals surface area contributed by atoms with E-state index in [1.165, 1.54) is 6.07 Å². The van der Waals surface area contributed by atoms with Crippen LogP contribution < -0.4 is 16.5 Å². The monoisotopic (exact) mass is 472 g/mol. The topological polar surface area (TPSA) is 114 Å². The summed E-state index contributed by atoms with van der Waals surface area (Å²) < 4.78 is 25.4. The number of pyridine rings is 1. The number of anilines is 1. The molecule has 3 heterocycles. The molecule has 2 N–H and O–H groups in total. The van der Waals surface area contributed by atoms with Gasteiger partial charge in [0.15, 0.2) is 5.43 Å². The van der Waals surface area contributed by atoms with Crippen molar-refractivity contribution in [3.05, 3.63) is 98.0 Å². The van der Waals surface area contributed by atoms with E-state index in [0.29, 0.717) is 33.5 Å². The average Bonchev–Trinajstić information content (AvgIpc) is 3.28. The molecule has 2 aromatic carbocycles. The standard InChI is InChI=1S/C26H21FN4O4/c1-13-11-17(15(3)29-20-9-6-10-28-21(20)25-30-26(33)35-31-25)24-18(12-13)22(32)14(2)23(34-24)16-7-4-5-8-19(16)27/h4-12,15,29H,1-3H3,(H,30,31,33). The first-order valence-electron chi connectivity index (χ1n) is 10.9. The van der Waals surface area contributed by atoms with Crippen LogP contribution in [0.5, 0.6) is 0 Å². The molecular weight excluding hydrogens is 451 g/mol. The normalized spacial score (nSPS) is 12.1. The Kier molecular flexibility index (Phi) is 5.52. The lowest BCUT2D eigenvalue weighted by Gasteiger charge is -2.19. The molecule has 8 nitrogen and oxygen atoms in total. The smallest absolute Gasteiger partial charge is 0.439 e. The van der Waals surface area contributed by atoms with E-state index in [1.54, 1.807) is 49.5 Å². The summed E-state index contributed by atoms with van der Waals surface area (Å²) in [5.41, 5.74) is 3.27. The van der Waals surface area contributed by atoms with Crippen LogP contribution in [0.2, 0.25) is 0 Å². The minimum atomic E-state index is -0.688. The summed E-state index contributed by atoms with van der Waals surface area (Å²) in [4.78, 5) is 31.5. The third-order valence-electron chi connectivity index (χ3n) is 5.82. The number of aromatic amines is 1. The number of nitrogens with one attached hydrogen (secondary N) is 2. The summed E-state index contributed by atoms with van der Waals surface area (Å²) in [6, 6.07) is 13.0. The average molecular weight is 472 g/mol. The molecule has 176 valence electrons. The molecule has 0 amide bonds. The van der Waals surface area contributed by atoms with E-state index in [4.69, 9.17) is 4.42 Å². The SMILES string of the molecule is Cc1cc(C(C)Nc2cccnc2-c2noc(=O)[nH]2)c2oc(-c3ccccc3F)c(C)c(=O)c2c1. The number of rotatable bonds is 5. The zero-order valence-electron chi connectivity index (χ0n) is 19.2. The van der Waals surface area contributed by atoms with Gasteiger partial charge in [-0.15, -0.1) is 0 Å². The quantitative estimate of drug-likeness (QED) is 0.365. The predicted molar refractivity (Wildman–Crippen MR) is 130 cm³/mol. The predicted octanol–water partition coefficient (Wildman–Crippen LogP) is 5.13. The zero-order chi connectivity index (χ0) is 24.7.